The van der Waals surface area contributed by atoms with Crippen molar-refractivity contribution in [3.05, 3.63) is 0 Å². The molecular weight excluding hydrogens is 188 g/mol. The summed E-state index contributed by atoms with van der Waals surface area (Å²) in [5.74, 6) is 0. The second-order valence-corrected chi connectivity index (χ2v) is 5.68. The molecule has 15 heavy (non-hydrogen) atoms. The molecule has 2 atom stereocenters. The van der Waals surface area contributed by atoms with E-state index in [2.05, 4.69) is 37.9 Å². The number of hydrogen-bond acceptors (Lipinski definition) is 3. The molecule has 3 heteroatoms. The van der Waals surface area contributed by atoms with Crippen molar-refractivity contribution in [2.24, 2.45) is 0 Å². The van der Waals surface area contributed by atoms with Gasteiger partial charge >= 0.3 is 0 Å². The summed E-state index contributed by atoms with van der Waals surface area (Å²) in [6.07, 6.45) is 2.05. The molecule has 0 amide bonds. The lowest BCUT2D eigenvalue weighted by Crippen LogP contribution is -2.47. The van der Waals surface area contributed by atoms with E-state index in [1.54, 1.807) is 0 Å². The Morgan fingerprint density at radius 1 is 1.40 bits per heavy atom. The van der Waals surface area contributed by atoms with E-state index in [0.29, 0.717) is 12.1 Å². The van der Waals surface area contributed by atoms with Gasteiger partial charge in [0.05, 0.1) is 0 Å². The monoisotopic (exact) mass is 214 g/mol. The lowest BCUT2D eigenvalue weighted by molar-refractivity contribution is 0.127. The predicted octanol–water partition coefficient (Wildman–Crippen LogP) is 1.22. The summed E-state index contributed by atoms with van der Waals surface area (Å²) < 4.78 is 0. The highest BCUT2D eigenvalue weighted by molar-refractivity contribution is 4.86. The van der Waals surface area contributed by atoms with Crippen LogP contribution in [0.25, 0.3) is 0 Å². The maximum atomic E-state index is 9.03. The van der Waals surface area contributed by atoms with Crippen LogP contribution in [0.1, 0.15) is 40.5 Å². The molecule has 3 nitrogen and oxygen atoms in total. The number of aliphatic hydroxyl groups excluding tert-OH is 1. The number of aliphatic hydroxyl groups is 1. The van der Waals surface area contributed by atoms with Crippen LogP contribution in [0.5, 0.6) is 0 Å². The van der Waals surface area contributed by atoms with Crippen LogP contribution >= 0.6 is 0 Å². The number of nitrogens with one attached hydrogen (secondary N) is 1. The molecule has 0 aromatic carbocycles. The minimum Gasteiger partial charge on any atom is -0.396 e. The summed E-state index contributed by atoms with van der Waals surface area (Å²) >= 11 is 0. The Hall–Kier alpha value is -0.120. The van der Waals surface area contributed by atoms with Gasteiger partial charge in [-0.25, -0.2) is 0 Å². The van der Waals surface area contributed by atoms with E-state index in [1.165, 1.54) is 6.42 Å². The maximum Gasteiger partial charge on any atom is 0.0446 e. The van der Waals surface area contributed by atoms with Crippen LogP contribution in [0.2, 0.25) is 0 Å². The first-order valence-electron chi connectivity index (χ1n) is 6.05. The zero-order chi connectivity index (χ0) is 11.5. The highest BCUT2D eigenvalue weighted by atomic mass is 16.3. The number of rotatable bonds is 2. The summed E-state index contributed by atoms with van der Waals surface area (Å²) in [6.45, 7) is 11.5. The number of nitrogens with zero attached hydrogens (tertiary/aromatic N) is 1. The summed E-state index contributed by atoms with van der Waals surface area (Å²) in [6, 6.07) is 1.00. The van der Waals surface area contributed by atoms with Crippen molar-refractivity contribution in [1.82, 2.24) is 10.2 Å². The molecule has 1 saturated heterocycles. The zero-order valence-corrected chi connectivity index (χ0v) is 10.6. The molecule has 0 aromatic heterocycles. The topological polar surface area (TPSA) is 35.5 Å². The first kappa shape index (κ1) is 12.9. The summed E-state index contributed by atoms with van der Waals surface area (Å²) in [5.41, 5.74) is 0.236. The van der Waals surface area contributed by atoms with E-state index in [9.17, 15) is 0 Å². The third-order valence-corrected chi connectivity index (χ3v) is 3.22. The smallest absolute Gasteiger partial charge is 0.0446 e. The van der Waals surface area contributed by atoms with Crippen molar-refractivity contribution in [3.63, 3.8) is 0 Å². The molecule has 2 unspecified atom stereocenters. The van der Waals surface area contributed by atoms with Crippen LogP contribution < -0.4 is 5.32 Å². The van der Waals surface area contributed by atoms with Gasteiger partial charge in [0.25, 0.3) is 0 Å². The molecule has 1 heterocycles. The van der Waals surface area contributed by atoms with Crippen LogP contribution in [0.15, 0.2) is 0 Å². The third kappa shape index (κ3) is 4.09. The van der Waals surface area contributed by atoms with Crippen molar-refractivity contribution in [1.29, 1.82) is 0 Å². The molecule has 0 radical (unpaired) electrons. The fourth-order valence-corrected chi connectivity index (χ4v) is 2.18. The highest BCUT2D eigenvalue weighted by Crippen LogP contribution is 2.18. The Morgan fingerprint density at radius 3 is 2.60 bits per heavy atom. The molecule has 1 rings (SSSR count). The van der Waals surface area contributed by atoms with Gasteiger partial charge < -0.3 is 10.4 Å². The van der Waals surface area contributed by atoms with Crippen LogP contribution in [0, 0.1) is 0 Å². The van der Waals surface area contributed by atoms with E-state index in [-0.39, 0.29) is 12.1 Å². The van der Waals surface area contributed by atoms with Gasteiger partial charge in [0.1, 0.15) is 0 Å². The lowest BCUT2D eigenvalue weighted by atomic mass is 10.0. The Labute approximate surface area is 93.9 Å². The maximum absolute atomic E-state index is 9.03. The molecule has 2 N–H and O–H groups in total. The van der Waals surface area contributed by atoms with Gasteiger partial charge in [0.2, 0.25) is 0 Å². The average molecular weight is 214 g/mol. The Balaban J connectivity index is 2.60. The van der Waals surface area contributed by atoms with Gasteiger partial charge in [-0.15, -0.1) is 0 Å². The zero-order valence-electron chi connectivity index (χ0n) is 10.6. The second kappa shape index (κ2) is 5.28. The average Bonchev–Trinajstić information content (AvgIpc) is 2.26. The third-order valence-electron chi connectivity index (χ3n) is 3.22. The fourth-order valence-electron chi connectivity index (χ4n) is 2.18. The van der Waals surface area contributed by atoms with E-state index < -0.39 is 0 Å². The summed E-state index contributed by atoms with van der Waals surface area (Å²) in [5, 5.41) is 12.6. The Kier molecular flexibility index (Phi) is 4.56. The van der Waals surface area contributed by atoms with Gasteiger partial charge in [-0.1, -0.05) is 0 Å². The van der Waals surface area contributed by atoms with Gasteiger partial charge in [-0.3, -0.25) is 4.90 Å². The Morgan fingerprint density at radius 2 is 2.07 bits per heavy atom. The van der Waals surface area contributed by atoms with Crippen molar-refractivity contribution in [2.45, 2.75) is 58.2 Å². The highest BCUT2D eigenvalue weighted by Gasteiger charge is 2.27. The quantitative estimate of drug-likeness (QED) is 0.725. The minimum atomic E-state index is 0.236. The molecule has 90 valence electrons. The Bertz CT molecular complexity index is 189. The molecule has 0 aromatic rings. The van der Waals surface area contributed by atoms with Crippen molar-refractivity contribution >= 4 is 0 Å². The standard InChI is InChI=1S/C12H26N2O/c1-10-5-7-14(12(2,3)4)9-11(13-10)6-8-15/h10-11,13,15H,5-9H2,1-4H3. The van der Waals surface area contributed by atoms with Crippen LogP contribution in [0.3, 0.4) is 0 Å². The molecule has 0 saturated carbocycles. The van der Waals surface area contributed by atoms with Crippen molar-refractivity contribution < 1.29 is 5.11 Å². The molecule has 0 aliphatic carbocycles. The van der Waals surface area contributed by atoms with Gasteiger partial charge in [-0.05, 0) is 40.5 Å². The largest absolute Gasteiger partial charge is 0.396 e. The molecule has 1 aliphatic heterocycles. The SMILES string of the molecule is CC1CCN(C(C)(C)C)CC(CCO)N1. The van der Waals surface area contributed by atoms with Crippen molar-refractivity contribution in [3.8, 4) is 0 Å². The summed E-state index contributed by atoms with van der Waals surface area (Å²) in [7, 11) is 0. The van der Waals surface area contributed by atoms with Crippen LogP contribution in [0.4, 0.5) is 0 Å². The normalized spacial score (nSPS) is 30.2. The number of hydrogen-bond donors (Lipinski definition) is 2. The predicted molar refractivity (Wildman–Crippen MR) is 64.0 cm³/mol. The molecule has 0 bridgehead atoms. The van der Waals surface area contributed by atoms with Gasteiger partial charge in [0, 0.05) is 37.3 Å². The van der Waals surface area contributed by atoms with Crippen LogP contribution in [-0.2, 0) is 0 Å². The van der Waals surface area contributed by atoms with Gasteiger partial charge in [0.15, 0.2) is 0 Å². The van der Waals surface area contributed by atoms with Crippen molar-refractivity contribution in [2.75, 3.05) is 19.7 Å². The van der Waals surface area contributed by atoms with Gasteiger partial charge in [-0.2, -0.15) is 0 Å². The first-order valence-corrected chi connectivity index (χ1v) is 6.05. The molecule has 0 spiro atoms. The lowest BCUT2D eigenvalue weighted by Gasteiger charge is -2.36. The summed E-state index contributed by atoms with van der Waals surface area (Å²) in [4.78, 5) is 2.52. The molecular formula is C12H26N2O. The van der Waals surface area contributed by atoms with E-state index in [1.807, 2.05) is 0 Å². The minimum absolute atomic E-state index is 0.236. The second-order valence-electron chi connectivity index (χ2n) is 5.68. The van der Waals surface area contributed by atoms with E-state index >= 15 is 0 Å². The fraction of sp³-hybridized carbons (Fsp3) is 1.00. The van der Waals surface area contributed by atoms with E-state index in [0.717, 1.165) is 19.5 Å². The van der Waals surface area contributed by atoms with E-state index in [4.69, 9.17) is 5.11 Å². The molecule has 1 aliphatic rings. The molecule has 1 fully saturated rings. The first-order chi connectivity index (χ1) is 6.93. The van der Waals surface area contributed by atoms with Crippen LogP contribution in [-0.4, -0.2) is 47.3 Å².